The van der Waals surface area contributed by atoms with Crippen LogP contribution in [0.1, 0.15) is 18.9 Å². The van der Waals surface area contributed by atoms with Gasteiger partial charge in [0.05, 0.1) is 30.9 Å². The molecule has 0 radical (unpaired) electrons. The largest absolute Gasteiger partial charge is 0.378 e. The third-order valence-electron chi connectivity index (χ3n) is 7.21. The molecule has 2 saturated heterocycles. The lowest BCUT2D eigenvalue weighted by Gasteiger charge is -2.29. The minimum Gasteiger partial charge on any atom is -0.378 e. The highest BCUT2D eigenvalue weighted by Gasteiger charge is 2.26. The molecule has 1 atom stereocenters. The number of pyridine rings is 1. The van der Waals surface area contributed by atoms with Crippen LogP contribution in [0.5, 0.6) is 0 Å². The Kier molecular flexibility index (Phi) is 5.92. The maximum absolute atomic E-state index is 11.8. The number of fused-ring (bicyclic) bond motifs is 1. The van der Waals surface area contributed by atoms with E-state index in [0.29, 0.717) is 19.1 Å². The van der Waals surface area contributed by atoms with Crippen molar-refractivity contribution in [3.8, 4) is 17.1 Å². The number of aromatic nitrogens is 5. The molecule has 9 nitrogen and oxygen atoms in total. The number of amides is 1. The fourth-order valence-electron chi connectivity index (χ4n) is 5.26. The van der Waals surface area contributed by atoms with Gasteiger partial charge in [-0.15, -0.1) is 0 Å². The van der Waals surface area contributed by atoms with Gasteiger partial charge in [0.15, 0.2) is 11.5 Å². The van der Waals surface area contributed by atoms with Crippen LogP contribution in [0.25, 0.3) is 28.2 Å². The Hall–Kier alpha value is -3.72. The highest BCUT2D eigenvalue weighted by atomic mass is 16.5. The summed E-state index contributed by atoms with van der Waals surface area (Å²) in [6.07, 6.45) is 4.86. The molecular formula is C27H31N7O2. The molecule has 1 aromatic carbocycles. The van der Waals surface area contributed by atoms with Crippen LogP contribution in [-0.4, -0.2) is 74.5 Å². The number of imidazole rings is 1. The van der Waals surface area contributed by atoms with Crippen molar-refractivity contribution in [2.24, 2.45) is 5.92 Å². The fourth-order valence-corrected chi connectivity index (χ4v) is 5.26. The number of benzene rings is 1. The van der Waals surface area contributed by atoms with Crippen LogP contribution in [0.3, 0.4) is 0 Å². The van der Waals surface area contributed by atoms with Crippen LogP contribution in [-0.2, 0) is 16.1 Å². The molecule has 2 aliphatic rings. The number of rotatable bonds is 5. The number of carbonyl (C=O) groups excluding carboxylic acids is 1. The van der Waals surface area contributed by atoms with E-state index in [2.05, 4.69) is 46.7 Å². The third kappa shape index (κ3) is 4.35. The first-order chi connectivity index (χ1) is 17.5. The number of anilines is 1. The molecular weight excluding hydrogens is 454 g/mol. The molecule has 0 N–H and O–H groups in total. The van der Waals surface area contributed by atoms with E-state index in [1.807, 2.05) is 28.2 Å². The molecule has 0 unspecified atom stereocenters. The number of aryl methyl sites for hydroxylation is 1. The minimum absolute atomic E-state index is 0.145. The van der Waals surface area contributed by atoms with E-state index in [1.165, 1.54) is 5.56 Å². The van der Waals surface area contributed by atoms with Gasteiger partial charge in [-0.3, -0.25) is 4.79 Å². The number of hydrogen-bond donors (Lipinski definition) is 0. The summed E-state index contributed by atoms with van der Waals surface area (Å²) in [4.78, 5) is 25.9. The van der Waals surface area contributed by atoms with Crippen LogP contribution in [0.2, 0.25) is 0 Å². The predicted octanol–water partition coefficient (Wildman–Crippen LogP) is 3.30. The normalized spacial score (nSPS) is 18.3. The van der Waals surface area contributed by atoms with Gasteiger partial charge in [-0.05, 0) is 31.4 Å². The number of nitrogens with zero attached hydrogens (tertiary/aromatic N) is 7. The molecule has 2 aliphatic heterocycles. The zero-order valence-corrected chi connectivity index (χ0v) is 20.8. The minimum atomic E-state index is 0.145. The van der Waals surface area contributed by atoms with Crippen molar-refractivity contribution in [3.05, 3.63) is 54.5 Å². The first kappa shape index (κ1) is 22.7. The van der Waals surface area contributed by atoms with Gasteiger partial charge in [0, 0.05) is 57.5 Å². The van der Waals surface area contributed by atoms with Crippen molar-refractivity contribution in [2.45, 2.75) is 26.8 Å². The van der Waals surface area contributed by atoms with E-state index >= 15 is 0 Å². The van der Waals surface area contributed by atoms with Crippen molar-refractivity contribution in [1.29, 1.82) is 0 Å². The summed E-state index contributed by atoms with van der Waals surface area (Å²) in [5, 5.41) is 4.87. The highest BCUT2D eigenvalue weighted by molar-refractivity contribution is 5.87. The van der Waals surface area contributed by atoms with E-state index < -0.39 is 0 Å². The topological polar surface area (TPSA) is 81.3 Å². The Labute approximate surface area is 210 Å². The lowest BCUT2D eigenvalue weighted by molar-refractivity contribution is -0.127. The van der Waals surface area contributed by atoms with Crippen molar-refractivity contribution in [1.82, 2.24) is 29.2 Å². The summed E-state index contributed by atoms with van der Waals surface area (Å²) < 4.78 is 9.59. The standard InChI is InChI=1S/C27H31N7O2/c1-19-4-3-5-22(14-19)23-7-9-34(30-23)25-15-24(31-10-12-36-13-11-31)26-27(29-25)33(18-28-26)17-21-6-8-32(16-21)20(2)35/h3-5,7,9,14-15,18,21H,6,8,10-13,16-17H2,1-2H3/t21-/m0/s1. The molecule has 0 bridgehead atoms. The van der Waals surface area contributed by atoms with Gasteiger partial charge in [-0.25, -0.2) is 14.6 Å². The maximum Gasteiger partial charge on any atom is 0.219 e. The Bertz CT molecular complexity index is 1400. The lowest BCUT2D eigenvalue weighted by atomic mass is 10.1. The molecule has 2 fully saturated rings. The molecule has 6 rings (SSSR count). The Morgan fingerprint density at radius 2 is 2.00 bits per heavy atom. The van der Waals surface area contributed by atoms with E-state index in [0.717, 1.165) is 73.1 Å². The van der Waals surface area contributed by atoms with Gasteiger partial charge < -0.3 is 19.1 Å². The smallest absolute Gasteiger partial charge is 0.219 e. The summed E-state index contributed by atoms with van der Waals surface area (Å²) >= 11 is 0. The molecule has 0 spiro atoms. The van der Waals surface area contributed by atoms with E-state index in [9.17, 15) is 4.79 Å². The average molecular weight is 486 g/mol. The van der Waals surface area contributed by atoms with Gasteiger partial charge in [-0.1, -0.05) is 23.8 Å². The number of likely N-dealkylation sites (tertiary alicyclic amines) is 1. The molecule has 186 valence electrons. The number of morpholine rings is 1. The molecule has 4 aromatic rings. The van der Waals surface area contributed by atoms with Crippen LogP contribution in [0.4, 0.5) is 5.69 Å². The Morgan fingerprint density at radius 1 is 1.14 bits per heavy atom. The van der Waals surface area contributed by atoms with Crippen molar-refractivity contribution < 1.29 is 9.53 Å². The number of carbonyl (C=O) groups is 1. The molecule has 5 heterocycles. The zero-order valence-electron chi connectivity index (χ0n) is 20.8. The first-order valence-electron chi connectivity index (χ1n) is 12.6. The van der Waals surface area contributed by atoms with Crippen molar-refractivity contribution in [2.75, 3.05) is 44.3 Å². The van der Waals surface area contributed by atoms with Crippen LogP contribution >= 0.6 is 0 Å². The average Bonchev–Trinajstić information content (AvgIpc) is 3.65. The summed E-state index contributed by atoms with van der Waals surface area (Å²) in [5.74, 6) is 1.30. The quantitative estimate of drug-likeness (QED) is 0.432. The second-order valence-corrected chi connectivity index (χ2v) is 9.80. The maximum atomic E-state index is 11.8. The van der Waals surface area contributed by atoms with Crippen LogP contribution in [0.15, 0.2) is 48.9 Å². The molecule has 36 heavy (non-hydrogen) atoms. The molecule has 9 heteroatoms. The summed E-state index contributed by atoms with van der Waals surface area (Å²) in [5.41, 5.74) is 6.01. The van der Waals surface area contributed by atoms with Gasteiger partial charge in [0.25, 0.3) is 0 Å². The van der Waals surface area contributed by atoms with E-state index in [-0.39, 0.29) is 5.91 Å². The molecule has 0 aliphatic carbocycles. The van der Waals surface area contributed by atoms with Gasteiger partial charge in [0.1, 0.15) is 5.52 Å². The monoisotopic (exact) mass is 485 g/mol. The van der Waals surface area contributed by atoms with Crippen molar-refractivity contribution in [3.63, 3.8) is 0 Å². The highest BCUT2D eigenvalue weighted by Crippen LogP contribution is 2.30. The van der Waals surface area contributed by atoms with Gasteiger partial charge in [0.2, 0.25) is 5.91 Å². The lowest BCUT2D eigenvalue weighted by Crippen LogP contribution is -2.36. The Balaban J connectivity index is 1.38. The van der Waals surface area contributed by atoms with Crippen LogP contribution < -0.4 is 4.90 Å². The number of hydrogen-bond acceptors (Lipinski definition) is 6. The second kappa shape index (κ2) is 9.39. The van der Waals surface area contributed by atoms with Gasteiger partial charge >= 0.3 is 0 Å². The second-order valence-electron chi connectivity index (χ2n) is 9.80. The molecule has 0 saturated carbocycles. The SMILES string of the molecule is CC(=O)N1CC[C@H](Cn2cnc3c(N4CCOCC4)cc(-n4ccc(-c5cccc(C)c5)n4)nc32)C1. The summed E-state index contributed by atoms with van der Waals surface area (Å²) in [7, 11) is 0. The van der Waals surface area contributed by atoms with E-state index in [1.54, 1.807) is 6.92 Å². The summed E-state index contributed by atoms with van der Waals surface area (Å²) in [6, 6.07) is 12.5. The van der Waals surface area contributed by atoms with E-state index in [4.69, 9.17) is 19.8 Å². The predicted molar refractivity (Wildman–Crippen MR) is 138 cm³/mol. The molecule has 1 amide bonds. The summed E-state index contributed by atoms with van der Waals surface area (Å²) in [6.45, 7) is 9.14. The number of ether oxygens (including phenoxy) is 1. The van der Waals surface area contributed by atoms with Gasteiger partial charge in [-0.2, -0.15) is 5.10 Å². The Morgan fingerprint density at radius 3 is 2.78 bits per heavy atom. The molecule has 3 aromatic heterocycles. The van der Waals surface area contributed by atoms with Crippen molar-refractivity contribution >= 4 is 22.8 Å². The first-order valence-corrected chi connectivity index (χ1v) is 12.6. The van der Waals surface area contributed by atoms with Crippen LogP contribution in [0, 0.1) is 12.8 Å². The third-order valence-corrected chi connectivity index (χ3v) is 7.21. The fraction of sp³-hybridized carbons (Fsp3) is 0.407. The zero-order chi connectivity index (χ0) is 24.6.